The Hall–Kier alpha value is -1.34. The number of halogens is 1. The van der Waals surface area contributed by atoms with Crippen molar-refractivity contribution in [3.05, 3.63) is 28.2 Å². The van der Waals surface area contributed by atoms with Crippen LogP contribution in [0.2, 0.25) is 0 Å². The van der Waals surface area contributed by atoms with E-state index in [9.17, 15) is 4.79 Å². The summed E-state index contributed by atoms with van der Waals surface area (Å²) in [7, 11) is 0. The lowest BCUT2D eigenvalue weighted by Crippen LogP contribution is -2.24. The zero-order valence-electron chi connectivity index (χ0n) is 10.0. The Labute approximate surface area is 110 Å². The monoisotopic (exact) mass is 294 g/mol. The van der Waals surface area contributed by atoms with Gasteiger partial charge in [-0.1, -0.05) is 0 Å². The molecule has 0 saturated heterocycles. The maximum absolute atomic E-state index is 11.2. The molecule has 0 aliphatic rings. The summed E-state index contributed by atoms with van der Waals surface area (Å²) >= 11 is 3.47. The molecule has 0 heterocycles. The highest BCUT2D eigenvalue weighted by atomic mass is 79.9. The predicted molar refractivity (Wildman–Crippen MR) is 72.3 cm³/mol. The third-order valence-electron chi connectivity index (χ3n) is 2.57. The molecule has 0 atom stereocenters. The van der Waals surface area contributed by atoms with Crippen molar-refractivity contribution in [3.8, 4) is 6.07 Å². The van der Waals surface area contributed by atoms with Crippen molar-refractivity contribution < 1.29 is 4.79 Å². The van der Waals surface area contributed by atoms with E-state index in [2.05, 4.69) is 26.9 Å². The van der Waals surface area contributed by atoms with Crippen molar-refractivity contribution in [1.82, 2.24) is 0 Å². The molecule has 0 saturated carbocycles. The molecule has 4 heteroatoms. The first-order chi connectivity index (χ1) is 8.10. The lowest BCUT2D eigenvalue weighted by atomic mass is 10.1. The minimum Gasteiger partial charge on any atom is -0.370 e. The van der Waals surface area contributed by atoms with Crippen molar-refractivity contribution in [1.29, 1.82) is 5.26 Å². The fourth-order valence-electron chi connectivity index (χ4n) is 1.62. The van der Waals surface area contributed by atoms with Gasteiger partial charge in [0.1, 0.15) is 0 Å². The van der Waals surface area contributed by atoms with Crippen LogP contribution in [0.3, 0.4) is 0 Å². The van der Waals surface area contributed by atoms with Crippen molar-refractivity contribution in [2.24, 2.45) is 0 Å². The highest BCUT2D eigenvalue weighted by Gasteiger charge is 2.10. The molecule has 0 aliphatic heterocycles. The van der Waals surface area contributed by atoms with Crippen LogP contribution in [0.5, 0.6) is 0 Å². The van der Waals surface area contributed by atoms with E-state index < -0.39 is 0 Å². The first-order valence-corrected chi connectivity index (χ1v) is 6.31. The maximum atomic E-state index is 11.2. The van der Waals surface area contributed by atoms with Crippen molar-refractivity contribution in [3.63, 3.8) is 0 Å². The van der Waals surface area contributed by atoms with Crippen molar-refractivity contribution in [2.75, 3.05) is 18.0 Å². The minimum atomic E-state index is 0.0531. The van der Waals surface area contributed by atoms with Gasteiger partial charge in [-0.15, -0.1) is 0 Å². The molecule has 1 rings (SSSR count). The topological polar surface area (TPSA) is 44.1 Å². The molecule has 0 aromatic heterocycles. The zero-order chi connectivity index (χ0) is 12.8. The number of benzene rings is 1. The first kappa shape index (κ1) is 13.7. The minimum absolute atomic E-state index is 0.0531. The largest absolute Gasteiger partial charge is 0.370 e. The van der Waals surface area contributed by atoms with Gasteiger partial charge in [0.25, 0.3) is 0 Å². The maximum Gasteiger partial charge on any atom is 0.159 e. The Morgan fingerprint density at radius 3 is 2.71 bits per heavy atom. The Balaban J connectivity index is 2.97. The van der Waals surface area contributed by atoms with E-state index in [0.29, 0.717) is 18.5 Å². The number of carbonyl (C=O) groups is 1. The number of hydrogen-bond donors (Lipinski definition) is 0. The second-order valence-electron chi connectivity index (χ2n) is 3.71. The number of ketones is 1. The average Bonchev–Trinajstić information content (AvgIpc) is 2.31. The van der Waals surface area contributed by atoms with Crippen molar-refractivity contribution in [2.45, 2.75) is 20.3 Å². The normalized spacial score (nSPS) is 9.76. The molecule has 3 nitrogen and oxygen atoms in total. The van der Waals surface area contributed by atoms with Gasteiger partial charge in [0, 0.05) is 23.1 Å². The van der Waals surface area contributed by atoms with Crippen LogP contribution in [-0.4, -0.2) is 18.9 Å². The molecule has 17 heavy (non-hydrogen) atoms. The molecular formula is C13H15BrN2O. The number of hydrogen-bond acceptors (Lipinski definition) is 3. The van der Waals surface area contributed by atoms with E-state index in [4.69, 9.17) is 5.26 Å². The smallest absolute Gasteiger partial charge is 0.159 e. The van der Waals surface area contributed by atoms with Crippen molar-refractivity contribution >= 4 is 27.4 Å². The summed E-state index contributed by atoms with van der Waals surface area (Å²) in [6, 6.07) is 7.70. The number of Topliss-reactive ketones (excluding diaryl/α,β-unsaturated/α-hetero) is 1. The van der Waals surface area contributed by atoms with Gasteiger partial charge in [-0.2, -0.15) is 5.26 Å². The van der Waals surface area contributed by atoms with E-state index >= 15 is 0 Å². The third-order valence-corrected chi connectivity index (χ3v) is 3.21. The van der Waals surface area contributed by atoms with Gasteiger partial charge < -0.3 is 4.90 Å². The quantitative estimate of drug-likeness (QED) is 0.782. The van der Waals surface area contributed by atoms with Crippen LogP contribution in [0.1, 0.15) is 30.6 Å². The first-order valence-electron chi connectivity index (χ1n) is 5.52. The molecular weight excluding hydrogens is 280 g/mol. The van der Waals surface area contributed by atoms with Gasteiger partial charge in [-0.3, -0.25) is 4.79 Å². The van der Waals surface area contributed by atoms with E-state index in [1.807, 2.05) is 25.1 Å². The number of anilines is 1. The SMILES string of the molecule is CCN(CCC#N)c1ccc(C(C)=O)cc1Br. The molecule has 0 radical (unpaired) electrons. The number of rotatable bonds is 5. The Morgan fingerprint density at radius 1 is 1.53 bits per heavy atom. The van der Waals surface area contributed by atoms with Gasteiger partial charge >= 0.3 is 0 Å². The molecule has 0 amide bonds. The number of nitriles is 1. The summed E-state index contributed by atoms with van der Waals surface area (Å²) in [6.45, 7) is 5.13. The van der Waals surface area contributed by atoms with Crippen LogP contribution in [-0.2, 0) is 0 Å². The summed E-state index contributed by atoms with van der Waals surface area (Å²) in [5.41, 5.74) is 1.71. The van der Waals surface area contributed by atoms with E-state index in [0.717, 1.165) is 16.7 Å². The summed E-state index contributed by atoms with van der Waals surface area (Å²) in [6.07, 6.45) is 0.495. The van der Waals surface area contributed by atoms with E-state index in [1.165, 1.54) is 0 Å². The average molecular weight is 295 g/mol. The van der Waals surface area contributed by atoms with Crippen LogP contribution < -0.4 is 4.90 Å². The molecule has 1 aromatic rings. The highest BCUT2D eigenvalue weighted by Crippen LogP contribution is 2.27. The molecule has 0 aliphatic carbocycles. The van der Waals surface area contributed by atoms with Crippen LogP contribution in [0, 0.1) is 11.3 Å². The van der Waals surface area contributed by atoms with E-state index in [-0.39, 0.29) is 5.78 Å². The van der Waals surface area contributed by atoms with Crippen LogP contribution in [0.4, 0.5) is 5.69 Å². The summed E-state index contributed by atoms with van der Waals surface area (Å²) in [4.78, 5) is 13.4. The number of nitrogens with zero attached hydrogens (tertiary/aromatic N) is 2. The molecule has 90 valence electrons. The van der Waals surface area contributed by atoms with Gasteiger partial charge in [-0.25, -0.2) is 0 Å². The Kier molecular flexibility index (Phi) is 5.17. The molecule has 0 bridgehead atoms. The van der Waals surface area contributed by atoms with Gasteiger partial charge in [0.05, 0.1) is 18.2 Å². The Bertz CT molecular complexity index is 451. The molecule has 0 fully saturated rings. The second kappa shape index (κ2) is 6.41. The van der Waals surface area contributed by atoms with Gasteiger partial charge in [-0.05, 0) is 48.0 Å². The zero-order valence-corrected chi connectivity index (χ0v) is 11.6. The van der Waals surface area contributed by atoms with Gasteiger partial charge in [0.2, 0.25) is 0 Å². The molecule has 0 spiro atoms. The number of carbonyl (C=O) groups excluding carboxylic acids is 1. The molecule has 0 N–H and O–H groups in total. The lowest BCUT2D eigenvalue weighted by Gasteiger charge is -2.23. The summed E-state index contributed by atoms with van der Waals surface area (Å²) in [5.74, 6) is 0.0531. The van der Waals surface area contributed by atoms with Crippen LogP contribution in [0.15, 0.2) is 22.7 Å². The fourth-order valence-corrected chi connectivity index (χ4v) is 2.25. The highest BCUT2D eigenvalue weighted by molar-refractivity contribution is 9.10. The predicted octanol–water partition coefficient (Wildman–Crippen LogP) is 3.39. The lowest BCUT2D eigenvalue weighted by molar-refractivity contribution is 0.101. The Morgan fingerprint density at radius 2 is 2.24 bits per heavy atom. The van der Waals surface area contributed by atoms with Gasteiger partial charge in [0.15, 0.2) is 5.78 Å². The molecule has 1 aromatic carbocycles. The summed E-state index contributed by atoms with van der Waals surface area (Å²) in [5, 5.41) is 8.61. The van der Waals surface area contributed by atoms with E-state index in [1.54, 1.807) is 6.92 Å². The third kappa shape index (κ3) is 3.57. The molecule has 0 unspecified atom stereocenters. The van der Waals surface area contributed by atoms with Crippen LogP contribution >= 0.6 is 15.9 Å². The second-order valence-corrected chi connectivity index (χ2v) is 4.56. The fraction of sp³-hybridized carbons (Fsp3) is 0.385. The summed E-state index contributed by atoms with van der Waals surface area (Å²) < 4.78 is 0.894. The standard InChI is InChI=1S/C13H15BrN2O/c1-3-16(8-4-7-15)13-6-5-11(10(2)17)9-12(13)14/h5-6,9H,3-4,8H2,1-2H3. The van der Waals surface area contributed by atoms with Crippen LogP contribution in [0.25, 0.3) is 0 Å².